The first-order chi connectivity index (χ1) is 5.64. The van der Waals surface area contributed by atoms with E-state index in [0.29, 0.717) is 0 Å². The van der Waals surface area contributed by atoms with Crippen molar-refractivity contribution in [1.29, 1.82) is 5.26 Å². The lowest BCUT2D eigenvalue weighted by atomic mass is 9.70. The van der Waals surface area contributed by atoms with Crippen LogP contribution >= 0.6 is 0 Å². The van der Waals surface area contributed by atoms with Gasteiger partial charge in [0, 0.05) is 6.61 Å². The molecule has 0 aromatic carbocycles. The molecule has 1 heterocycles. The molecular weight excluding hydrogens is 150 g/mol. The molecule has 0 aromatic heterocycles. The van der Waals surface area contributed by atoms with E-state index in [1.165, 1.54) is 0 Å². The van der Waals surface area contributed by atoms with Gasteiger partial charge in [0.25, 0.3) is 0 Å². The maximum atomic E-state index is 9.00. The second-order valence-corrected chi connectivity index (χ2v) is 3.94. The highest BCUT2D eigenvalue weighted by Gasteiger charge is 2.40. The molecule has 0 aliphatic carbocycles. The summed E-state index contributed by atoms with van der Waals surface area (Å²) < 4.78 is 5.46. The third-order valence-corrected chi connectivity index (χ3v) is 3.22. The largest absolute Gasteiger partial charge is 0.377 e. The van der Waals surface area contributed by atoms with Crippen LogP contribution in [0.1, 0.15) is 33.6 Å². The van der Waals surface area contributed by atoms with E-state index in [9.17, 15) is 0 Å². The Morgan fingerprint density at radius 1 is 1.67 bits per heavy atom. The summed E-state index contributed by atoms with van der Waals surface area (Å²) in [5.74, 6) is 0.0660. The fourth-order valence-corrected chi connectivity index (χ4v) is 1.95. The molecule has 0 bridgehead atoms. The molecule has 0 N–H and O–H groups in total. The first-order valence-electron chi connectivity index (χ1n) is 4.65. The van der Waals surface area contributed by atoms with E-state index in [0.717, 1.165) is 19.4 Å². The number of ether oxygens (including phenoxy) is 1. The van der Waals surface area contributed by atoms with Gasteiger partial charge in [-0.2, -0.15) is 5.26 Å². The highest BCUT2D eigenvalue weighted by atomic mass is 16.5. The van der Waals surface area contributed by atoms with Crippen LogP contribution < -0.4 is 0 Å². The minimum Gasteiger partial charge on any atom is -0.377 e. The number of nitriles is 1. The second-order valence-electron chi connectivity index (χ2n) is 3.94. The first-order valence-corrected chi connectivity index (χ1v) is 4.65. The summed E-state index contributed by atoms with van der Waals surface area (Å²) in [7, 11) is 0. The van der Waals surface area contributed by atoms with Crippen LogP contribution in [0.5, 0.6) is 0 Å². The highest BCUT2D eigenvalue weighted by molar-refractivity contribution is 5.00. The van der Waals surface area contributed by atoms with Gasteiger partial charge in [0.15, 0.2) is 0 Å². The molecule has 1 aliphatic heterocycles. The van der Waals surface area contributed by atoms with E-state index in [-0.39, 0.29) is 17.4 Å². The van der Waals surface area contributed by atoms with Crippen molar-refractivity contribution in [3.63, 3.8) is 0 Å². The molecule has 1 aliphatic rings. The summed E-state index contributed by atoms with van der Waals surface area (Å²) >= 11 is 0. The van der Waals surface area contributed by atoms with Gasteiger partial charge in [0.1, 0.15) is 0 Å². The second kappa shape index (κ2) is 3.45. The predicted molar refractivity (Wildman–Crippen MR) is 47.5 cm³/mol. The summed E-state index contributed by atoms with van der Waals surface area (Å²) in [6, 6.07) is 2.37. The van der Waals surface area contributed by atoms with E-state index in [4.69, 9.17) is 10.00 Å². The maximum absolute atomic E-state index is 9.00. The Morgan fingerprint density at radius 2 is 2.33 bits per heavy atom. The monoisotopic (exact) mass is 167 g/mol. The summed E-state index contributed by atoms with van der Waals surface area (Å²) in [5, 5.41) is 9.00. The molecule has 1 saturated heterocycles. The fraction of sp³-hybridized carbons (Fsp3) is 0.900. The lowest BCUT2D eigenvalue weighted by Crippen LogP contribution is -2.40. The molecule has 1 fully saturated rings. The topological polar surface area (TPSA) is 33.0 Å². The van der Waals surface area contributed by atoms with Gasteiger partial charge in [-0.1, -0.05) is 13.8 Å². The smallest absolute Gasteiger partial charge is 0.0776 e. The molecule has 2 heteroatoms. The lowest BCUT2D eigenvalue weighted by Gasteiger charge is -2.40. The van der Waals surface area contributed by atoms with Crippen molar-refractivity contribution in [1.82, 2.24) is 0 Å². The van der Waals surface area contributed by atoms with Crippen LogP contribution in [0.15, 0.2) is 0 Å². The molecular formula is C10H17NO. The quantitative estimate of drug-likeness (QED) is 0.600. The molecule has 1 unspecified atom stereocenters. The summed E-state index contributed by atoms with van der Waals surface area (Å²) in [6.07, 6.45) is 2.19. The van der Waals surface area contributed by atoms with Gasteiger partial charge in [0.2, 0.25) is 0 Å². The van der Waals surface area contributed by atoms with Crippen LogP contribution in [-0.2, 0) is 4.74 Å². The Hall–Kier alpha value is -0.550. The normalized spacial score (nSPS) is 42.2. The Morgan fingerprint density at radius 3 is 2.75 bits per heavy atom. The molecule has 0 radical (unpaired) electrons. The van der Waals surface area contributed by atoms with Crippen molar-refractivity contribution in [3.8, 4) is 6.07 Å². The Balaban J connectivity index is 2.79. The van der Waals surface area contributed by atoms with E-state index in [2.05, 4.69) is 19.9 Å². The molecule has 0 saturated carbocycles. The number of hydrogen-bond donors (Lipinski definition) is 0. The summed E-state index contributed by atoms with van der Waals surface area (Å²) in [6.45, 7) is 7.16. The molecule has 0 spiro atoms. The zero-order chi connectivity index (χ0) is 9.19. The van der Waals surface area contributed by atoms with Gasteiger partial charge in [-0.25, -0.2) is 0 Å². The van der Waals surface area contributed by atoms with Gasteiger partial charge < -0.3 is 4.74 Å². The van der Waals surface area contributed by atoms with Crippen LogP contribution in [0, 0.1) is 22.7 Å². The maximum Gasteiger partial charge on any atom is 0.0776 e. The Bertz CT molecular complexity index is 197. The minimum absolute atomic E-state index is 0.0660. The molecule has 2 nitrogen and oxygen atoms in total. The lowest BCUT2D eigenvalue weighted by molar-refractivity contribution is -0.0659. The van der Waals surface area contributed by atoms with Crippen molar-refractivity contribution >= 4 is 0 Å². The average Bonchev–Trinajstić information content (AvgIpc) is 2.05. The van der Waals surface area contributed by atoms with Crippen LogP contribution in [0.4, 0.5) is 0 Å². The first kappa shape index (κ1) is 9.54. The summed E-state index contributed by atoms with van der Waals surface area (Å²) in [4.78, 5) is 0. The van der Waals surface area contributed by atoms with E-state index < -0.39 is 0 Å². The van der Waals surface area contributed by atoms with Gasteiger partial charge in [-0.05, 0) is 25.2 Å². The molecule has 12 heavy (non-hydrogen) atoms. The fourth-order valence-electron chi connectivity index (χ4n) is 1.95. The van der Waals surface area contributed by atoms with Gasteiger partial charge >= 0.3 is 0 Å². The Labute approximate surface area is 74.5 Å². The van der Waals surface area contributed by atoms with Crippen molar-refractivity contribution in [2.45, 2.75) is 39.7 Å². The molecule has 0 aromatic rings. The standard InChI is InChI=1S/C10H17NO/c1-4-10(3)5-6-12-8(2)9(10)7-11/h8-9H,4-6H2,1-3H3/t8?,9-,10+/m0/s1. The molecule has 68 valence electrons. The number of nitrogens with zero attached hydrogens (tertiary/aromatic N) is 1. The SMILES string of the molecule is CC[C@]1(C)CCOC(C)[C@@H]1C#N. The summed E-state index contributed by atoms with van der Waals surface area (Å²) in [5.41, 5.74) is 0.173. The average molecular weight is 167 g/mol. The third-order valence-electron chi connectivity index (χ3n) is 3.22. The van der Waals surface area contributed by atoms with E-state index >= 15 is 0 Å². The number of hydrogen-bond acceptors (Lipinski definition) is 2. The molecule has 0 amide bonds. The van der Waals surface area contributed by atoms with Gasteiger partial charge in [-0.15, -0.1) is 0 Å². The van der Waals surface area contributed by atoms with E-state index in [1.807, 2.05) is 6.92 Å². The predicted octanol–water partition coefficient (Wildman–Crippen LogP) is 2.35. The molecule has 3 atom stereocenters. The van der Waals surface area contributed by atoms with Crippen LogP contribution in [0.3, 0.4) is 0 Å². The third kappa shape index (κ3) is 1.47. The van der Waals surface area contributed by atoms with Crippen molar-refractivity contribution in [2.24, 2.45) is 11.3 Å². The van der Waals surface area contributed by atoms with Crippen molar-refractivity contribution in [2.75, 3.05) is 6.61 Å². The van der Waals surface area contributed by atoms with Gasteiger partial charge in [-0.3, -0.25) is 0 Å². The zero-order valence-electron chi connectivity index (χ0n) is 8.13. The Kier molecular flexibility index (Phi) is 2.74. The molecule has 1 rings (SSSR count). The van der Waals surface area contributed by atoms with Crippen molar-refractivity contribution < 1.29 is 4.74 Å². The zero-order valence-corrected chi connectivity index (χ0v) is 8.13. The van der Waals surface area contributed by atoms with Gasteiger partial charge in [0.05, 0.1) is 18.1 Å². The van der Waals surface area contributed by atoms with Crippen molar-refractivity contribution in [3.05, 3.63) is 0 Å². The number of rotatable bonds is 1. The highest BCUT2D eigenvalue weighted by Crippen LogP contribution is 2.40. The van der Waals surface area contributed by atoms with E-state index in [1.54, 1.807) is 0 Å². The van der Waals surface area contributed by atoms with Crippen LogP contribution in [0.25, 0.3) is 0 Å². The minimum atomic E-state index is 0.0660. The van der Waals surface area contributed by atoms with Crippen LogP contribution in [0.2, 0.25) is 0 Å². The van der Waals surface area contributed by atoms with Crippen LogP contribution in [-0.4, -0.2) is 12.7 Å².